The van der Waals surface area contributed by atoms with Crippen LogP contribution in [0.25, 0.3) is 0 Å². The van der Waals surface area contributed by atoms with Gasteiger partial charge in [0, 0.05) is 51.7 Å². The van der Waals surface area contributed by atoms with E-state index in [0.29, 0.717) is 11.6 Å². The molecule has 8 nitrogen and oxygen atoms in total. The number of hydrogen-bond donors (Lipinski definition) is 0. The topological polar surface area (TPSA) is 78.4 Å². The molecule has 0 radical (unpaired) electrons. The first kappa shape index (κ1) is 17.6. The smallest absolute Gasteiger partial charge is 0.274 e. The molecule has 2 saturated heterocycles. The van der Waals surface area contributed by atoms with E-state index >= 15 is 0 Å². The van der Waals surface area contributed by atoms with Crippen molar-refractivity contribution in [2.75, 3.05) is 49.1 Å². The van der Waals surface area contributed by atoms with Gasteiger partial charge in [-0.3, -0.25) is 4.79 Å². The first-order valence-electron chi connectivity index (χ1n) is 9.60. The van der Waals surface area contributed by atoms with Gasteiger partial charge in [-0.2, -0.15) is 0 Å². The van der Waals surface area contributed by atoms with Crippen molar-refractivity contribution in [2.45, 2.75) is 19.8 Å². The molecule has 1 amide bonds. The van der Waals surface area contributed by atoms with E-state index in [2.05, 4.69) is 36.9 Å². The standard InChI is InChI=1S/C19H25N7O/c1-15-4-2-9-26(14-15)18(27)16-5-6-17(23-22-16)24-10-12-25(13-11-24)19-20-7-3-8-21-19/h3,5-8,15H,2,4,9-14H2,1H3. The highest BCUT2D eigenvalue weighted by Gasteiger charge is 2.24. The van der Waals surface area contributed by atoms with Crippen LogP contribution in [0.4, 0.5) is 11.8 Å². The van der Waals surface area contributed by atoms with Crippen LogP contribution < -0.4 is 9.80 Å². The predicted molar refractivity (Wildman–Crippen MR) is 103 cm³/mol. The van der Waals surface area contributed by atoms with E-state index < -0.39 is 0 Å². The third-order valence-corrected chi connectivity index (χ3v) is 5.25. The van der Waals surface area contributed by atoms with Gasteiger partial charge in [0.15, 0.2) is 11.5 Å². The summed E-state index contributed by atoms with van der Waals surface area (Å²) < 4.78 is 0. The van der Waals surface area contributed by atoms with Crippen molar-refractivity contribution in [3.05, 3.63) is 36.3 Å². The van der Waals surface area contributed by atoms with E-state index in [1.807, 2.05) is 17.0 Å². The lowest BCUT2D eigenvalue weighted by atomic mass is 10.00. The molecule has 2 aromatic heterocycles. The minimum absolute atomic E-state index is 0.00774. The number of hydrogen-bond acceptors (Lipinski definition) is 7. The Kier molecular flexibility index (Phi) is 5.13. The molecule has 2 aromatic rings. The minimum atomic E-state index is -0.00774. The van der Waals surface area contributed by atoms with E-state index in [0.717, 1.165) is 57.5 Å². The lowest BCUT2D eigenvalue weighted by Crippen LogP contribution is -2.47. The van der Waals surface area contributed by atoms with Crippen LogP contribution in [0, 0.1) is 5.92 Å². The Hall–Kier alpha value is -2.77. The van der Waals surface area contributed by atoms with Crippen molar-refractivity contribution in [3.8, 4) is 0 Å². The Morgan fingerprint density at radius 3 is 2.41 bits per heavy atom. The van der Waals surface area contributed by atoms with Crippen molar-refractivity contribution in [3.63, 3.8) is 0 Å². The summed E-state index contributed by atoms with van der Waals surface area (Å²) >= 11 is 0. The SMILES string of the molecule is CC1CCCN(C(=O)c2ccc(N3CCN(c4ncccn4)CC3)nn2)C1. The molecule has 2 aliphatic rings. The first-order chi connectivity index (χ1) is 13.2. The Morgan fingerprint density at radius 1 is 1.00 bits per heavy atom. The number of anilines is 2. The molecule has 0 bridgehead atoms. The normalized spacial score (nSPS) is 20.6. The van der Waals surface area contributed by atoms with Crippen LogP contribution in [-0.4, -0.2) is 70.2 Å². The maximum absolute atomic E-state index is 12.6. The monoisotopic (exact) mass is 367 g/mol. The highest BCUT2D eigenvalue weighted by atomic mass is 16.2. The van der Waals surface area contributed by atoms with Crippen LogP contribution in [0.15, 0.2) is 30.6 Å². The van der Waals surface area contributed by atoms with Crippen LogP contribution in [0.2, 0.25) is 0 Å². The number of carbonyl (C=O) groups excluding carboxylic acids is 1. The molecule has 0 N–H and O–H groups in total. The Morgan fingerprint density at radius 2 is 1.74 bits per heavy atom. The fraction of sp³-hybridized carbons (Fsp3) is 0.526. The average Bonchev–Trinajstić information content (AvgIpc) is 2.74. The minimum Gasteiger partial charge on any atom is -0.352 e. The van der Waals surface area contributed by atoms with Gasteiger partial charge in [0.25, 0.3) is 5.91 Å². The van der Waals surface area contributed by atoms with Gasteiger partial charge >= 0.3 is 0 Å². The fourth-order valence-electron chi connectivity index (χ4n) is 3.73. The number of piperazine rings is 1. The third kappa shape index (κ3) is 3.99. The third-order valence-electron chi connectivity index (χ3n) is 5.25. The Balaban J connectivity index is 1.36. The number of piperidine rings is 1. The van der Waals surface area contributed by atoms with E-state index in [9.17, 15) is 4.79 Å². The quantitative estimate of drug-likeness (QED) is 0.813. The molecule has 4 heterocycles. The van der Waals surface area contributed by atoms with Gasteiger partial charge in [-0.15, -0.1) is 10.2 Å². The molecule has 0 saturated carbocycles. The van der Waals surface area contributed by atoms with Crippen molar-refractivity contribution >= 4 is 17.7 Å². The second kappa shape index (κ2) is 7.85. The highest BCUT2D eigenvalue weighted by Crippen LogP contribution is 2.19. The van der Waals surface area contributed by atoms with Gasteiger partial charge in [-0.25, -0.2) is 9.97 Å². The summed E-state index contributed by atoms with van der Waals surface area (Å²) in [5, 5.41) is 8.52. The molecule has 2 aliphatic heterocycles. The van der Waals surface area contributed by atoms with E-state index in [4.69, 9.17) is 0 Å². The Bertz CT molecular complexity index is 759. The van der Waals surface area contributed by atoms with E-state index in [-0.39, 0.29) is 5.91 Å². The Labute approximate surface area is 159 Å². The molecule has 0 aromatic carbocycles. The molecule has 8 heteroatoms. The summed E-state index contributed by atoms with van der Waals surface area (Å²) in [5.41, 5.74) is 0.434. The molecule has 2 fully saturated rings. The van der Waals surface area contributed by atoms with Gasteiger partial charge < -0.3 is 14.7 Å². The molecule has 1 unspecified atom stereocenters. The summed E-state index contributed by atoms with van der Waals surface area (Å²) in [4.78, 5) is 27.5. The van der Waals surface area contributed by atoms with Crippen LogP contribution >= 0.6 is 0 Å². The second-order valence-electron chi connectivity index (χ2n) is 7.30. The number of rotatable bonds is 3. The van der Waals surface area contributed by atoms with Crippen molar-refractivity contribution in [2.24, 2.45) is 5.92 Å². The molecule has 0 spiro atoms. The predicted octanol–water partition coefficient (Wildman–Crippen LogP) is 1.47. The largest absolute Gasteiger partial charge is 0.352 e. The summed E-state index contributed by atoms with van der Waals surface area (Å²) in [6.45, 7) is 7.13. The average molecular weight is 367 g/mol. The number of amides is 1. The van der Waals surface area contributed by atoms with Crippen LogP contribution in [0.5, 0.6) is 0 Å². The van der Waals surface area contributed by atoms with Crippen LogP contribution in [-0.2, 0) is 0 Å². The fourth-order valence-corrected chi connectivity index (χ4v) is 3.73. The summed E-state index contributed by atoms with van der Waals surface area (Å²) in [7, 11) is 0. The maximum Gasteiger partial charge on any atom is 0.274 e. The van der Waals surface area contributed by atoms with Gasteiger partial charge in [-0.1, -0.05) is 6.92 Å². The van der Waals surface area contributed by atoms with Crippen LogP contribution in [0.1, 0.15) is 30.3 Å². The number of carbonyl (C=O) groups is 1. The highest BCUT2D eigenvalue weighted by molar-refractivity contribution is 5.92. The van der Waals surface area contributed by atoms with Gasteiger partial charge in [0.1, 0.15) is 0 Å². The lowest BCUT2D eigenvalue weighted by molar-refractivity contribution is 0.0676. The number of aromatic nitrogens is 4. The molecule has 0 aliphatic carbocycles. The van der Waals surface area contributed by atoms with Gasteiger partial charge in [0.05, 0.1) is 0 Å². The second-order valence-corrected chi connectivity index (χ2v) is 7.30. The molecule has 4 rings (SSSR count). The van der Waals surface area contributed by atoms with Gasteiger partial charge in [0.2, 0.25) is 5.95 Å². The number of nitrogens with zero attached hydrogens (tertiary/aromatic N) is 7. The van der Waals surface area contributed by atoms with Crippen molar-refractivity contribution in [1.29, 1.82) is 0 Å². The number of likely N-dealkylation sites (tertiary alicyclic amines) is 1. The molecular formula is C19H25N7O. The van der Waals surface area contributed by atoms with Crippen molar-refractivity contribution in [1.82, 2.24) is 25.1 Å². The molecule has 142 valence electrons. The lowest BCUT2D eigenvalue weighted by Gasteiger charge is -2.35. The summed E-state index contributed by atoms with van der Waals surface area (Å²) in [6.07, 6.45) is 5.78. The van der Waals surface area contributed by atoms with E-state index in [1.54, 1.807) is 18.5 Å². The van der Waals surface area contributed by atoms with Crippen molar-refractivity contribution < 1.29 is 4.79 Å². The zero-order valence-corrected chi connectivity index (χ0v) is 15.7. The zero-order valence-electron chi connectivity index (χ0n) is 15.7. The van der Waals surface area contributed by atoms with Crippen LogP contribution in [0.3, 0.4) is 0 Å². The molecule has 1 atom stereocenters. The summed E-state index contributed by atoms with van der Waals surface area (Å²) in [5.74, 6) is 2.12. The van der Waals surface area contributed by atoms with E-state index in [1.165, 1.54) is 6.42 Å². The first-order valence-corrected chi connectivity index (χ1v) is 9.60. The zero-order chi connectivity index (χ0) is 18.6. The van der Waals surface area contributed by atoms with Gasteiger partial charge in [-0.05, 0) is 37.0 Å². The maximum atomic E-state index is 12.6. The summed E-state index contributed by atoms with van der Waals surface area (Å²) in [6, 6.07) is 5.53. The molecule has 27 heavy (non-hydrogen) atoms. The molecular weight excluding hydrogens is 342 g/mol.